The number of hydrogen-bond donors (Lipinski definition) is 2. The quantitative estimate of drug-likeness (QED) is 0.208. The molecule has 4 heteroatoms. The fourth-order valence-corrected chi connectivity index (χ4v) is 7.25. The molecule has 0 unspecified atom stereocenters. The van der Waals surface area contributed by atoms with Crippen molar-refractivity contribution < 1.29 is 0 Å². The third kappa shape index (κ3) is 4.16. The van der Waals surface area contributed by atoms with Crippen LogP contribution in [-0.4, -0.2) is 19.9 Å². The summed E-state index contributed by atoms with van der Waals surface area (Å²) < 4.78 is 0. The lowest BCUT2D eigenvalue weighted by atomic mass is 9.97. The molecule has 7 aromatic carbocycles. The predicted octanol–water partition coefficient (Wildman–Crippen LogP) is 11.6. The first-order valence-electron chi connectivity index (χ1n) is 16.3. The lowest BCUT2D eigenvalue weighted by Crippen LogP contribution is -1.95. The van der Waals surface area contributed by atoms with Crippen molar-refractivity contribution in [3.63, 3.8) is 0 Å². The highest BCUT2D eigenvalue weighted by molar-refractivity contribution is 6.13. The average Bonchev–Trinajstić information content (AvgIpc) is 3.73. The molecule has 4 nitrogen and oxygen atoms in total. The van der Waals surface area contributed by atoms with Gasteiger partial charge in [0, 0.05) is 54.8 Å². The summed E-state index contributed by atoms with van der Waals surface area (Å²) in [6, 6.07) is 55.6. The molecule has 2 N–H and O–H groups in total. The SMILES string of the molecule is c1ccc2nc(-c3ccc(-c4cccc5c4[nH]c4ccccc45)cc3)c(-c3ccc(-c4cccc5c4[nH]c4ccccc45)cc3)nc2c1. The number of aromatic nitrogens is 4. The number of nitrogens with zero attached hydrogens (tertiary/aromatic N) is 2. The van der Waals surface area contributed by atoms with Crippen molar-refractivity contribution >= 4 is 54.6 Å². The summed E-state index contributed by atoms with van der Waals surface area (Å²) in [5.74, 6) is 0. The molecule has 224 valence electrons. The van der Waals surface area contributed by atoms with Crippen molar-refractivity contribution in [2.24, 2.45) is 0 Å². The van der Waals surface area contributed by atoms with Crippen LogP contribution in [0, 0.1) is 0 Å². The average molecular weight is 613 g/mol. The maximum Gasteiger partial charge on any atom is 0.0973 e. The van der Waals surface area contributed by atoms with Crippen LogP contribution in [0.5, 0.6) is 0 Å². The van der Waals surface area contributed by atoms with E-state index in [9.17, 15) is 0 Å². The lowest BCUT2D eigenvalue weighted by Gasteiger charge is -2.12. The van der Waals surface area contributed by atoms with Gasteiger partial charge in [-0.05, 0) is 35.4 Å². The molecule has 10 aromatic rings. The van der Waals surface area contributed by atoms with E-state index in [0.29, 0.717) is 0 Å². The Balaban J connectivity index is 1.07. The Kier molecular flexibility index (Phi) is 5.84. The molecule has 48 heavy (non-hydrogen) atoms. The molecule has 0 spiro atoms. The third-order valence-electron chi connectivity index (χ3n) is 9.59. The highest BCUT2D eigenvalue weighted by atomic mass is 14.8. The number of fused-ring (bicyclic) bond motifs is 7. The van der Waals surface area contributed by atoms with Gasteiger partial charge >= 0.3 is 0 Å². The zero-order valence-electron chi connectivity index (χ0n) is 25.9. The molecule has 0 fully saturated rings. The minimum Gasteiger partial charge on any atom is -0.354 e. The lowest BCUT2D eigenvalue weighted by molar-refractivity contribution is 1.29. The van der Waals surface area contributed by atoms with E-state index in [4.69, 9.17) is 9.97 Å². The Labute approximate surface area is 276 Å². The Morgan fingerprint density at radius 2 is 0.688 bits per heavy atom. The van der Waals surface area contributed by atoms with Crippen molar-refractivity contribution in [3.05, 3.63) is 158 Å². The summed E-state index contributed by atoms with van der Waals surface area (Å²) in [6.45, 7) is 0. The van der Waals surface area contributed by atoms with Crippen LogP contribution >= 0.6 is 0 Å². The standard InChI is InChI=1S/C44H28N4/c1-3-15-37-33(9-1)35-13-7-11-31(43(35)45-37)27-19-23-29(24-20-27)41-42(48-40-18-6-5-17-39(40)47-41)30-25-21-28(22-26-30)32-12-8-14-36-34-10-2-4-16-38(34)46-44(32)36/h1-26,45-46H. The first kappa shape index (κ1) is 26.7. The number of para-hydroxylation sites is 6. The molecular weight excluding hydrogens is 585 g/mol. The normalized spacial score (nSPS) is 11.8. The van der Waals surface area contributed by atoms with Gasteiger partial charge < -0.3 is 9.97 Å². The van der Waals surface area contributed by atoms with Gasteiger partial charge in [-0.1, -0.05) is 133 Å². The second kappa shape index (κ2) is 10.5. The van der Waals surface area contributed by atoms with Gasteiger partial charge in [-0.25, -0.2) is 9.97 Å². The minimum atomic E-state index is 0.870. The van der Waals surface area contributed by atoms with Crippen LogP contribution in [0.25, 0.3) is 99.4 Å². The monoisotopic (exact) mass is 612 g/mol. The van der Waals surface area contributed by atoms with Crippen LogP contribution < -0.4 is 0 Å². The maximum absolute atomic E-state index is 5.18. The molecule has 10 rings (SSSR count). The second-order valence-corrected chi connectivity index (χ2v) is 12.4. The second-order valence-electron chi connectivity index (χ2n) is 12.4. The van der Waals surface area contributed by atoms with E-state index in [0.717, 1.165) is 66.7 Å². The Morgan fingerprint density at radius 3 is 1.15 bits per heavy atom. The summed E-state index contributed by atoms with van der Waals surface area (Å²) in [5.41, 5.74) is 14.8. The topological polar surface area (TPSA) is 57.4 Å². The van der Waals surface area contributed by atoms with Gasteiger partial charge in [0.1, 0.15) is 0 Å². The fraction of sp³-hybridized carbons (Fsp3) is 0. The number of H-pyrrole nitrogens is 2. The molecule has 0 aliphatic carbocycles. The summed E-state index contributed by atoms with van der Waals surface area (Å²) in [4.78, 5) is 17.7. The number of aromatic amines is 2. The van der Waals surface area contributed by atoms with Gasteiger partial charge in [0.15, 0.2) is 0 Å². The minimum absolute atomic E-state index is 0.870. The smallest absolute Gasteiger partial charge is 0.0973 e. The number of rotatable bonds is 4. The van der Waals surface area contributed by atoms with Gasteiger partial charge in [-0.15, -0.1) is 0 Å². The van der Waals surface area contributed by atoms with Gasteiger partial charge in [0.05, 0.1) is 33.5 Å². The van der Waals surface area contributed by atoms with Crippen LogP contribution in [0.3, 0.4) is 0 Å². The Hall–Kier alpha value is -6.52. The summed E-state index contributed by atoms with van der Waals surface area (Å²) in [6.07, 6.45) is 0. The first-order valence-corrected chi connectivity index (χ1v) is 16.3. The number of hydrogen-bond acceptors (Lipinski definition) is 2. The molecular formula is C44H28N4. The largest absolute Gasteiger partial charge is 0.354 e. The van der Waals surface area contributed by atoms with E-state index >= 15 is 0 Å². The van der Waals surface area contributed by atoms with E-state index in [2.05, 4.69) is 143 Å². The van der Waals surface area contributed by atoms with Crippen LogP contribution in [-0.2, 0) is 0 Å². The molecule has 0 aliphatic heterocycles. The van der Waals surface area contributed by atoms with Crippen molar-refractivity contribution in [1.82, 2.24) is 19.9 Å². The summed E-state index contributed by atoms with van der Waals surface area (Å²) >= 11 is 0. The molecule has 0 saturated heterocycles. The van der Waals surface area contributed by atoms with Crippen LogP contribution in [0.4, 0.5) is 0 Å². The Morgan fingerprint density at radius 1 is 0.312 bits per heavy atom. The summed E-state index contributed by atoms with van der Waals surface area (Å²) in [7, 11) is 0. The molecule has 0 radical (unpaired) electrons. The van der Waals surface area contributed by atoms with Gasteiger partial charge in [-0.3, -0.25) is 0 Å². The zero-order valence-corrected chi connectivity index (χ0v) is 25.9. The molecule has 3 heterocycles. The molecule has 0 saturated carbocycles. The number of benzene rings is 7. The molecule has 3 aromatic heterocycles. The van der Waals surface area contributed by atoms with Crippen LogP contribution in [0.1, 0.15) is 0 Å². The van der Waals surface area contributed by atoms with Gasteiger partial charge in [0.25, 0.3) is 0 Å². The number of nitrogens with one attached hydrogen (secondary N) is 2. The van der Waals surface area contributed by atoms with E-state index in [1.165, 1.54) is 32.7 Å². The molecule has 0 amide bonds. The van der Waals surface area contributed by atoms with E-state index < -0.39 is 0 Å². The zero-order chi connectivity index (χ0) is 31.6. The van der Waals surface area contributed by atoms with Gasteiger partial charge in [0.2, 0.25) is 0 Å². The van der Waals surface area contributed by atoms with E-state index in [1.54, 1.807) is 0 Å². The third-order valence-corrected chi connectivity index (χ3v) is 9.59. The molecule has 0 aliphatic rings. The van der Waals surface area contributed by atoms with Crippen molar-refractivity contribution in [3.8, 4) is 44.8 Å². The molecule has 0 bridgehead atoms. The van der Waals surface area contributed by atoms with E-state index in [1.807, 2.05) is 24.3 Å². The molecule has 0 atom stereocenters. The summed E-state index contributed by atoms with van der Waals surface area (Å²) in [5, 5.41) is 4.95. The van der Waals surface area contributed by atoms with Crippen LogP contribution in [0.15, 0.2) is 158 Å². The highest BCUT2D eigenvalue weighted by Gasteiger charge is 2.16. The maximum atomic E-state index is 5.18. The van der Waals surface area contributed by atoms with Crippen molar-refractivity contribution in [1.29, 1.82) is 0 Å². The van der Waals surface area contributed by atoms with Crippen molar-refractivity contribution in [2.75, 3.05) is 0 Å². The highest BCUT2D eigenvalue weighted by Crippen LogP contribution is 2.38. The first-order chi connectivity index (χ1) is 23.8. The predicted molar refractivity (Wildman–Crippen MR) is 200 cm³/mol. The van der Waals surface area contributed by atoms with Crippen molar-refractivity contribution in [2.45, 2.75) is 0 Å². The van der Waals surface area contributed by atoms with Crippen LogP contribution in [0.2, 0.25) is 0 Å². The fourth-order valence-electron chi connectivity index (χ4n) is 7.25. The Bertz CT molecular complexity index is 2630. The van der Waals surface area contributed by atoms with E-state index in [-0.39, 0.29) is 0 Å². The van der Waals surface area contributed by atoms with Gasteiger partial charge in [-0.2, -0.15) is 0 Å².